The van der Waals surface area contributed by atoms with Gasteiger partial charge in [-0.1, -0.05) is 60.7 Å². The molecule has 6 aromatic carbocycles. The van der Waals surface area contributed by atoms with E-state index in [0.29, 0.717) is 0 Å². The summed E-state index contributed by atoms with van der Waals surface area (Å²) < 4.78 is 11.1. The third-order valence-corrected chi connectivity index (χ3v) is 10.3. The van der Waals surface area contributed by atoms with E-state index in [1.165, 1.54) is 41.8 Å². The van der Waals surface area contributed by atoms with E-state index in [4.69, 9.17) is 14.4 Å². The second-order valence-electron chi connectivity index (χ2n) is 11.4. The zero-order valence-corrected chi connectivity index (χ0v) is 23.4. The van der Waals surface area contributed by atoms with Crippen LogP contribution in [-0.4, -0.2) is 14.4 Å². The Morgan fingerprint density at radius 2 is 1.30 bits per heavy atom. The Kier molecular flexibility index (Phi) is 3.94. The van der Waals surface area contributed by atoms with Crippen molar-refractivity contribution in [3.63, 3.8) is 0 Å². The van der Waals surface area contributed by atoms with Gasteiger partial charge >= 0.3 is 0 Å². The fourth-order valence-corrected chi connectivity index (χ4v) is 8.42. The Bertz CT molecular complexity index is 2960. The lowest BCUT2D eigenvalue weighted by atomic mass is 10.00. The molecule has 11 rings (SSSR count). The second kappa shape index (κ2) is 7.65. The molecule has 43 heavy (non-hydrogen) atoms. The lowest BCUT2D eigenvalue weighted by Crippen LogP contribution is -1.89. The molecule has 0 aliphatic rings. The Hall–Kier alpha value is -5.52. The molecule has 0 saturated carbocycles. The van der Waals surface area contributed by atoms with Crippen molar-refractivity contribution in [2.75, 3.05) is 0 Å². The monoisotopic (exact) mass is 565 g/mol. The van der Waals surface area contributed by atoms with Crippen LogP contribution in [0.15, 0.2) is 120 Å². The van der Waals surface area contributed by atoms with Crippen molar-refractivity contribution in [3.8, 4) is 11.1 Å². The predicted octanol–water partition coefficient (Wildman–Crippen LogP) is 10.7. The number of benzene rings is 6. The number of nitrogens with zero attached hydrogens (tertiary/aromatic N) is 3. The third kappa shape index (κ3) is 2.75. The van der Waals surface area contributed by atoms with Crippen molar-refractivity contribution in [2.24, 2.45) is 0 Å². The first-order valence-electron chi connectivity index (χ1n) is 14.4. The predicted molar refractivity (Wildman–Crippen MR) is 180 cm³/mol. The molecule has 0 N–H and O–H groups in total. The van der Waals surface area contributed by atoms with Gasteiger partial charge in [-0.05, 0) is 65.7 Å². The molecule has 0 radical (unpaired) electrons. The Labute approximate surface area is 247 Å². The van der Waals surface area contributed by atoms with E-state index in [1.807, 2.05) is 35.6 Å². The fourth-order valence-electron chi connectivity index (χ4n) is 7.19. The van der Waals surface area contributed by atoms with Crippen LogP contribution >= 0.6 is 11.3 Å². The van der Waals surface area contributed by atoms with E-state index < -0.39 is 0 Å². The zero-order chi connectivity index (χ0) is 27.8. The van der Waals surface area contributed by atoms with Gasteiger partial charge in [0.2, 0.25) is 0 Å². The molecule has 0 spiro atoms. The van der Waals surface area contributed by atoms with Crippen LogP contribution in [0.1, 0.15) is 0 Å². The minimum atomic E-state index is 0.909. The van der Waals surface area contributed by atoms with Crippen molar-refractivity contribution in [3.05, 3.63) is 115 Å². The first-order chi connectivity index (χ1) is 21.3. The summed E-state index contributed by atoms with van der Waals surface area (Å²) in [5.74, 6) is 0. The molecule has 0 bridgehead atoms. The molecule has 0 atom stereocenters. The van der Waals surface area contributed by atoms with E-state index in [2.05, 4.69) is 95.4 Å². The number of rotatable bonds is 1. The standard InChI is InChI=1S/C38H19N3OS/c1-5-11-31-22(7-1)23-15-13-21(18-32(23)42-31)20-14-16-30-25(17-20)26-19-27-24-8-2-6-12-33(24)43-37(27)34-35-38(41(30)36(26)34)40-29-10-4-3-9-28(29)39-35/h1-19H. The summed E-state index contributed by atoms with van der Waals surface area (Å²) in [6, 6.07) is 40.9. The van der Waals surface area contributed by atoms with Crippen LogP contribution in [0.5, 0.6) is 0 Å². The summed E-state index contributed by atoms with van der Waals surface area (Å²) in [4.78, 5) is 10.4. The molecule has 0 amide bonds. The first kappa shape index (κ1) is 22.1. The maximum atomic E-state index is 6.24. The van der Waals surface area contributed by atoms with Crippen LogP contribution < -0.4 is 0 Å². The largest absolute Gasteiger partial charge is 0.456 e. The average Bonchev–Trinajstić information content (AvgIpc) is 3.79. The topological polar surface area (TPSA) is 43.3 Å². The highest BCUT2D eigenvalue weighted by molar-refractivity contribution is 7.26. The number of thiophene rings is 1. The molecular formula is C38H19N3OS. The van der Waals surface area contributed by atoms with Crippen molar-refractivity contribution < 1.29 is 4.42 Å². The molecule has 0 fully saturated rings. The fraction of sp³-hybridized carbons (Fsp3) is 0. The van der Waals surface area contributed by atoms with Gasteiger partial charge in [0.05, 0.1) is 22.1 Å². The minimum absolute atomic E-state index is 0.909. The van der Waals surface area contributed by atoms with E-state index in [-0.39, 0.29) is 0 Å². The van der Waals surface area contributed by atoms with Crippen molar-refractivity contribution in [1.29, 1.82) is 0 Å². The average molecular weight is 566 g/mol. The Morgan fingerprint density at radius 1 is 0.558 bits per heavy atom. The van der Waals surface area contributed by atoms with Gasteiger partial charge in [0.15, 0.2) is 5.65 Å². The van der Waals surface area contributed by atoms with Gasteiger partial charge in [0.1, 0.15) is 16.7 Å². The molecule has 0 unspecified atom stereocenters. The van der Waals surface area contributed by atoms with Crippen molar-refractivity contribution in [1.82, 2.24) is 14.4 Å². The van der Waals surface area contributed by atoms with E-state index in [0.717, 1.165) is 60.8 Å². The van der Waals surface area contributed by atoms with Crippen LogP contribution in [0, 0.1) is 0 Å². The molecule has 0 aliphatic carbocycles. The molecular weight excluding hydrogens is 547 g/mol. The summed E-state index contributed by atoms with van der Waals surface area (Å²) in [6.07, 6.45) is 0. The van der Waals surface area contributed by atoms with E-state index >= 15 is 0 Å². The van der Waals surface area contributed by atoms with E-state index in [1.54, 1.807) is 0 Å². The number of para-hydroxylation sites is 3. The summed E-state index contributed by atoms with van der Waals surface area (Å²) >= 11 is 1.85. The normalized spacial score (nSPS) is 12.7. The van der Waals surface area contributed by atoms with Gasteiger partial charge < -0.3 is 4.42 Å². The maximum Gasteiger partial charge on any atom is 0.165 e. The molecule has 5 heteroatoms. The van der Waals surface area contributed by atoms with Crippen LogP contribution in [0.2, 0.25) is 0 Å². The van der Waals surface area contributed by atoms with Gasteiger partial charge in [-0.2, -0.15) is 0 Å². The summed E-state index contributed by atoms with van der Waals surface area (Å²) in [5.41, 5.74) is 10.2. The third-order valence-electron chi connectivity index (χ3n) is 9.11. The molecule has 0 saturated heterocycles. The van der Waals surface area contributed by atoms with Gasteiger partial charge in [-0.3, -0.25) is 4.40 Å². The van der Waals surface area contributed by atoms with Crippen LogP contribution in [0.3, 0.4) is 0 Å². The number of furan rings is 1. The molecule has 11 aromatic rings. The molecule has 5 aromatic heterocycles. The number of hydrogen-bond acceptors (Lipinski definition) is 4. The lowest BCUT2D eigenvalue weighted by Gasteiger charge is -2.04. The number of hydrogen-bond donors (Lipinski definition) is 0. The summed E-state index contributed by atoms with van der Waals surface area (Å²) in [7, 11) is 0. The Balaban J connectivity index is 1.28. The van der Waals surface area contributed by atoms with Crippen LogP contribution in [0.4, 0.5) is 0 Å². The van der Waals surface area contributed by atoms with E-state index in [9.17, 15) is 0 Å². The van der Waals surface area contributed by atoms with Gasteiger partial charge in [0.25, 0.3) is 0 Å². The van der Waals surface area contributed by atoms with Gasteiger partial charge in [-0.25, -0.2) is 9.97 Å². The molecule has 0 aliphatic heterocycles. The second-order valence-corrected chi connectivity index (χ2v) is 12.4. The van der Waals surface area contributed by atoms with Crippen LogP contribution in [-0.2, 0) is 0 Å². The molecule has 198 valence electrons. The van der Waals surface area contributed by atoms with Crippen LogP contribution in [0.25, 0.3) is 103 Å². The van der Waals surface area contributed by atoms with Gasteiger partial charge in [0, 0.05) is 47.1 Å². The molecule has 5 heterocycles. The lowest BCUT2D eigenvalue weighted by molar-refractivity contribution is 0.669. The zero-order valence-electron chi connectivity index (χ0n) is 22.6. The highest BCUT2D eigenvalue weighted by Crippen LogP contribution is 2.47. The smallest absolute Gasteiger partial charge is 0.165 e. The summed E-state index contributed by atoms with van der Waals surface area (Å²) in [6.45, 7) is 0. The van der Waals surface area contributed by atoms with Crippen molar-refractivity contribution >= 4 is 103 Å². The SMILES string of the molecule is c1ccc2nc3c(nc2c1)c1c2sc4ccccc4c2cc2c4cc(-c5ccc6c(c5)oc5ccccc56)ccc4n3c21. The van der Waals surface area contributed by atoms with Crippen molar-refractivity contribution in [2.45, 2.75) is 0 Å². The quantitative estimate of drug-likeness (QED) is 0.199. The first-order valence-corrected chi connectivity index (χ1v) is 15.2. The maximum absolute atomic E-state index is 6.24. The Morgan fingerprint density at radius 3 is 2.23 bits per heavy atom. The molecule has 4 nitrogen and oxygen atoms in total. The number of aromatic nitrogens is 3. The summed E-state index contributed by atoms with van der Waals surface area (Å²) in [5, 5.41) is 8.51. The highest BCUT2D eigenvalue weighted by atomic mass is 32.1. The number of fused-ring (bicyclic) bond motifs is 14. The van der Waals surface area contributed by atoms with Gasteiger partial charge in [-0.15, -0.1) is 11.3 Å². The minimum Gasteiger partial charge on any atom is -0.456 e. The highest BCUT2D eigenvalue weighted by Gasteiger charge is 2.24.